The molecule has 2 aliphatic rings. The quantitative estimate of drug-likeness (QED) is 0.516. The molecule has 1 N–H and O–H groups in total. The van der Waals surface area contributed by atoms with Crippen LogP contribution in [-0.2, 0) is 19.0 Å². The summed E-state index contributed by atoms with van der Waals surface area (Å²) in [7, 11) is 1.74. The number of amides is 2. The minimum absolute atomic E-state index is 0.0402. The van der Waals surface area contributed by atoms with Crippen molar-refractivity contribution in [2.24, 2.45) is 11.8 Å². The number of likely N-dealkylation sites (tertiary alicyclic amines) is 1. The average molecular weight is 515 g/mol. The zero-order valence-electron chi connectivity index (χ0n) is 22.4. The second kappa shape index (κ2) is 11.1. The largest absolute Gasteiger partial charge is 0.460 e. The van der Waals surface area contributed by atoms with E-state index < -0.39 is 23.7 Å². The van der Waals surface area contributed by atoms with Crippen LogP contribution < -0.4 is 5.32 Å². The first-order chi connectivity index (χ1) is 17.6. The van der Waals surface area contributed by atoms with Crippen LogP contribution in [-0.4, -0.2) is 60.9 Å². The second-order valence-electron chi connectivity index (χ2n) is 10.9. The molecule has 1 aromatic heterocycles. The Morgan fingerprint density at radius 1 is 1.08 bits per heavy atom. The Balaban J connectivity index is 1.55. The molecule has 37 heavy (non-hydrogen) atoms. The molecule has 1 aliphatic heterocycles. The van der Waals surface area contributed by atoms with Gasteiger partial charge in [0.25, 0.3) is 0 Å². The van der Waals surface area contributed by atoms with Gasteiger partial charge in [0.15, 0.2) is 0 Å². The van der Waals surface area contributed by atoms with E-state index in [-0.39, 0.29) is 30.3 Å². The van der Waals surface area contributed by atoms with Gasteiger partial charge in [-0.3, -0.25) is 9.69 Å². The van der Waals surface area contributed by atoms with Crippen LogP contribution >= 0.6 is 0 Å². The standard InChI is InChI=1S/C28H38N2O7/c1-6-35-26(32)23-16-18-15-19(9-12-22(18)36-23)29-25(31)24-21(17-7-10-20(34-5)11-8-17)13-14-30(24)27(33)37-28(2,3)4/h9,12,15-17,20-21,24H,6-8,10-11,13-14H2,1-5H3,(H,29,31). The number of carbonyl (C=O) groups is 3. The molecule has 2 unspecified atom stereocenters. The smallest absolute Gasteiger partial charge is 0.410 e. The Kier molecular flexibility index (Phi) is 8.11. The molecule has 1 aromatic carbocycles. The van der Waals surface area contributed by atoms with E-state index in [1.165, 1.54) is 0 Å². The third kappa shape index (κ3) is 6.26. The van der Waals surface area contributed by atoms with Gasteiger partial charge < -0.3 is 23.9 Å². The number of ether oxygens (including phenoxy) is 3. The fourth-order valence-corrected chi connectivity index (χ4v) is 5.56. The lowest BCUT2D eigenvalue weighted by molar-refractivity contribution is -0.122. The first-order valence-electron chi connectivity index (χ1n) is 13.1. The zero-order chi connectivity index (χ0) is 26.7. The third-order valence-electron chi connectivity index (χ3n) is 7.26. The van der Waals surface area contributed by atoms with E-state index in [4.69, 9.17) is 18.6 Å². The molecule has 9 heteroatoms. The molecule has 4 rings (SSSR count). The number of methoxy groups -OCH3 is 1. The zero-order valence-corrected chi connectivity index (χ0v) is 22.4. The number of hydrogen-bond acceptors (Lipinski definition) is 7. The molecule has 202 valence electrons. The van der Waals surface area contributed by atoms with Gasteiger partial charge in [-0.05, 0) is 95.9 Å². The summed E-state index contributed by atoms with van der Waals surface area (Å²) < 4.78 is 21.8. The highest BCUT2D eigenvalue weighted by Crippen LogP contribution is 2.40. The number of fused-ring (bicyclic) bond motifs is 1. The van der Waals surface area contributed by atoms with Crippen LogP contribution in [0.1, 0.15) is 70.4 Å². The summed E-state index contributed by atoms with van der Waals surface area (Å²) in [6, 6.07) is 6.16. The maximum Gasteiger partial charge on any atom is 0.410 e. The number of nitrogens with zero attached hydrogens (tertiary/aromatic N) is 1. The Bertz CT molecular complexity index is 1130. The molecular formula is C28H38N2O7. The molecule has 2 heterocycles. The van der Waals surface area contributed by atoms with Gasteiger partial charge in [-0.25, -0.2) is 9.59 Å². The normalized spacial score (nSPS) is 24.2. The molecule has 1 saturated heterocycles. The topological polar surface area (TPSA) is 107 Å². The van der Waals surface area contributed by atoms with Gasteiger partial charge in [-0.2, -0.15) is 0 Å². The first-order valence-corrected chi connectivity index (χ1v) is 13.1. The Labute approximate surface area is 217 Å². The number of nitrogens with one attached hydrogen (secondary N) is 1. The predicted molar refractivity (Wildman–Crippen MR) is 138 cm³/mol. The van der Waals surface area contributed by atoms with Crippen molar-refractivity contribution in [3.05, 3.63) is 30.0 Å². The van der Waals surface area contributed by atoms with E-state index >= 15 is 0 Å². The van der Waals surface area contributed by atoms with Gasteiger partial charge in [-0.15, -0.1) is 0 Å². The maximum absolute atomic E-state index is 13.7. The predicted octanol–water partition coefficient (Wildman–Crippen LogP) is 5.38. The van der Waals surface area contributed by atoms with Crippen LogP contribution in [0.2, 0.25) is 0 Å². The molecule has 2 atom stereocenters. The highest BCUT2D eigenvalue weighted by atomic mass is 16.6. The van der Waals surface area contributed by atoms with E-state index in [1.54, 1.807) is 43.2 Å². The third-order valence-corrected chi connectivity index (χ3v) is 7.26. The summed E-state index contributed by atoms with van der Waals surface area (Å²) in [5.41, 5.74) is 0.423. The maximum atomic E-state index is 13.7. The van der Waals surface area contributed by atoms with Crippen LogP contribution in [0.5, 0.6) is 0 Å². The van der Waals surface area contributed by atoms with E-state index in [2.05, 4.69) is 5.32 Å². The van der Waals surface area contributed by atoms with Crippen molar-refractivity contribution in [1.82, 2.24) is 4.90 Å². The summed E-state index contributed by atoms with van der Waals surface area (Å²) >= 11 is 0. The monoisotopic (exact) mass is 514 g/mol. The molecule has 2 amide bonds. The number of rotatable bonds is 6. The van der Waals surface area contributed by atoms with Crippen molar-refractivity contribution in [3.8, 4) is 0 Å². The lowest BCUT2D eigenvalue weighted by Gasteiger charge is -2.35. The van der Waals surface area contributed by atoms with Crippen molar-refractivity contribution >= 4 is 34.6 Å². The molecule has 2 fully saturated rings. The fourth-order valence-electron chi connectivity index (χ4n) is 5.56. The van der Waals surface area contributed by atoms with Crippen LogP contribution in [0.4, 0.5) is 10.5 Å². The first kappa shape index (κ1) is 27.0. The lowest BCUT2D eigenvalue weighted by atomic mass is 9.75. The van der Waals surface area contributed by atoms with Crippen molar-refractivity contribution in [3.63, 3.8) is 0 Å². The lowest BCUT2D eigenvalue weighted by Crippen LogP contribution is -2.49. The Morgan fingerprint density at radius 2 is 1.81 bits per heavy atom. The number of hydrogen-bond donors (Lipinski definition) is 1. The van der Waals surface area contributed by atoms with Crippen molar-refractivity contribution in [2.45, 2.75) is 77.5 Å². The molecule has 0 bridgehead atoms. The van der Waals surface area contributed by atoms with E-state index in [0.29, 0.717) is 29.1 Å². The van der Waals surface area contributed by atoms with Crippen LogP contribution in [0.25, 0.3) is 11.0 Å². The second-order valence-corrected chi connectivity index (χ2v) is 10.9. The molecule has 2 aromatic rings. The van der Waals surface area contributed by atoms with Crippen LogP contribution in [0.3, 0.4) is 0 Å². The van der Waals surface area contributed by atoms with Gasteiger partial charge >= 0.3 is 12.1 Å². The highest BCUT2D eigenvalue weighted by molar-refractivity contribution is 5.99. The molecule has 1 saturated carbocycles. The number of carbonyl (C=O) groups excluding carboxylic acids is 3. The van der Waals surface area contributed by atoms with Crippen molar-refractivity contribution < 1.29 is 33.0 Å². The van der Waals surface area contributed by atoms with Crippen molar-refractivity contribution in [2.75, 3.05) is 25.6 Å². The molecule has 1 aliphatic carbocycles. The van der Waals surface area contributed by atoms with Gasteiger partial charge in [0, 0.05) is 24.7 Å². The Hall–Kier alpha value is -3.07. The van der Waals surface area contributed by atoms with E-state index in [1.807, 2.05) is 20.8 Å². The van der Waals surface area contributed by atoms with Crippen LogP contribution in [0.15, 0.2) is 28.7 Å². The summed E-state index contributed by atoms with van der Waals surface area (Å²) in [5, 5.41) is 3.68. The number of anilines is 1. The summed E-state index contributed by atoms with van der Waals surface area (Å²) in [5.74, 6) is -0.291. The summed E-state index contributed by atoms with van der Waals surface area (Å²) in [4.78, 5) is 40.4. The van der Waals surface area contributed by atoms with Gasteiger partial charge in [0.1, 0.15) is 17.2 Å². The van der Waals surface area contributed by atoms with Gasteiger partial charge in [-0.1, -0.05) is 0 Å². The van der Waals surface area contributed by atoms with Crippen molar-refractivity contribution in [1.29, 1.82) is 0 Å². The SMILES string of the molecule is CCOC(=O)c1cc2cc(NC(=O)C3C(C4CCC(OC)CC4)CCN3C(=O)OC(C)(C)C)ccc2o1. The highest BCUT2D eigenvalue weighted by Gasteiger charge is 2.47. The van der Waals surface area contributed by atoms with E-state index in [0.717, 1.165) is 32.1 Å². The number of esters is 1. The van der Waals surface area contributed by atoms with E-state index in [9.17, 15) is 14.4 Å². The Morgan fingerprint density at radius 3 is 2.46 bits per heavy atom. The average Bonchev–Trinajstić information content (AvgIpc) is 3.48. The van der Waals surface area contributed by atoms with Gasteiger partial charge in [0.2, 0.25) is 11.7 Å². The van der Waals surface area contributed by atoms with Gasteiger partial charge in [0.05, 0.1) is 12.7 Å². The number of furan rings is 1. The number of benzene rings is 1. The minimum atomic E-state index is -0.657. The minimum Gasteiger partial charge on any atom is -0.460 e. The summed E-state index contributed by atoms with van der Waals surface area (Å²) in [6.07, 6.45) is 4.39. The molecule has 0 radical (unpaired) electrons. The molecular weight excluding hydrogens is 476 g/mol. The molecule has 0 spiro atoms. The summed E-state index contributed by atoms with van der Waals surface area (Å²) in [6.45, 7) is 7.93. The van der Waals surface area contributed by atoms with Crippen LogP contribution in [0, 0.1) is 11.8 Å². The fraction of sp³-hybridized carbons (Fsp3) is 0.607. The molecule has 9 nitrogen and oxygen atoms in total.